The minimum Gasteiger partial charge on any atom is -0.428 e. The van der Waals surface area contributed by atoms with E-state index in [1.54, 1.807) is 6.07 Å². The Morgan fingerprint density at radius 3 is 2.00 bits per heavy atom. The highest BCUT2D eigenvalue weighted by Crippen LogP contribution is 2.39. The SMILES string of the molecule is O=C1Nc2ccccc2B(O)N1c1cc(C(F)(F)F)cc(C(F)(F)F)c1. The van der Waals surface area contributed by atoms with Crippen LogP contribution in [0.2, 0.25) is 0 Å². The number of rotatable bonds is 1. The van der Waals surface area contributed by atoms with Crippen molar-refractivity contribution in [2.75, 3.05) is 10.1 Å². The van der Waals surface area contributed by atoms with Crippen LogP contribution in [0.25, 0.3) is 0 Å². The number of hydrogen-bond donors (Lipinski definition) is 2. The van der Waals surface area contributed by atoms with Gasteiger partial charge in [0, 0.05) is 11.4 Å². The van der Waals surface area contributed by atoms with Gasteiger partial charge >= 0.3 is 25.4 Å². The molecular weight excluding hydrogens is 365 g/mol. The summed E-state index contributed by atoms with van der Waals surface area (Å²) >= 11 is 0. The molecule has 1 aliphatic rings. The summed E-state index contributed by atoms with van der Waals surface area (Å²) in [5, 5.41) is 12.7. The zero-order chi connectivity index (χ0) is 19.3. The van der Waals surface area contributed by atoms with Gasteiger partial charge in [-0.15, -0.1) is 0 Å². The lowest BCUT2D eigenvalue weighted by Gasteiger charge is -2.32. The Balaban J connectivity index is 2.15. The molecule has 2 aromatic rings. The molecule has 0 aromatic heterocycles. The van der Waals surface area contributed by atoms with Crippen molar-refractivity contribution in [2.45, 2.75) is 12.4 Å². The Morgan fingerprint density at radius 2 is 1.46 bits per heavy atom. The maximum atomic E-state index is 13.0. The summed E-state index contributed by atoms with van der Waals surface area (Å²) in [6, 6.07) is 5.55. The van der Waals surface area contributed by atoms with Gasteiger partial charge in [0.2, 0.25) is 0 Å². The van der Waals surface area contributed by atoms with Crippen LogP contribution in [0.1, 0.15) is 11.1 Å². The quantitative estimate of drug-likeness (QED) is 0.594. The van der Waals surface area contributed by atoms with Crippen LogP contribution in [0, 0.1) is 0 Å². The molecule has 0 bridgehead atoms. The third kappa shape index (κ3) is 3.21. The van der Waals surface area contributed by atoms with E-state index in [0.717, 1.165) is 0 Å². The van der Waals surface area contributed by atoms with E-state index in [1.165, 1.54) is 18.2 Å². The first-order chi connectivity index (χ1) is 12.0. The van der Waals surface area contributed by atoms with Crippen molar-refractivity contribution >= 4 is 29.9 Å². The fourth-order valence-corrected chi connectivity index (χ4v) is 2.60. The predicted molar refractivity (Wildman–Crippen MR) is 82.0 cm³/mol. The molecule has 0 aliphatic carbocycles. The van der Waals surface area contributed by atoms with Gasteiger partial charge in [-0.2, -0.15) is 26.3 Å². The summed E-state index contributed by atoms with van der Waals surface area (Å²) in [5.74, 6) is 0. The van der Waals surface area contributed by atoms with Crippen LogP contribution in [0.4, 0.5) is 42.5 Å². The van der Waals surface area contributed by atoms with Gasteiger partial charge < -0.3 is 15.2 Å². The van der Waals surface area contributed by atoms with Crippen molar-refractivity contribution in [1.82, 2.24) is 0 Å². The summed E-state index contributed by atoms with van der Waals surface area (Å²) < 4.78 is 77.9. The van der Waals surface area contributed by atoms with E-state index in [2.05, 4.69) is 5.32 Å². The molecule has 0 unspecified atom stereocenters. The molecule has 1 heterocycles. The predicted octanol–water partition coefficient (Wildman–Crippen LogP) is 3.46. The Hall–Kier alpha value is -2.69. The van der Waals surface area contributed by atoms with E-state index < -0.39 is 42.2 Å². The number of carbonyl (C=O) groups excluding carboxylic acids is 1. The van der Waals surface area contributed by atoms with Gasteiger partial charge in [-0.05, 0) is 29.7 Å². The lowest BCUT2D eigenvalue weighted by atomic mass is 9.69. The minimum atomic E-state index is -5.06. The smallest absolute Gasteiger partial charge is 0.428 e. The van der Waals surface area contributed by atoms with Crippen LogP contribution in [-0.4, -0.2) is 18.1 Å². The number of nitrogens with one attached hydrogen (secondary N) is 1. The number of halogens is 6. The van der Waals surface area contributed by atoms with Gasteiger partial charge in [-0.25, -0.2) is 4.79 Å². The Bertz CT molecular complexity index is 836. The largest absolute Gasteiger partial charge is 0.459 e. The van der Waals surface area contributed by atoms with Crippen molar-refractivity contribution < 1.29 is 36.2 Å². The van der Waals surface area contributed by atoms with Gasteiger partial charge in [0.25, 0.3) is 0 Å². The monoisotopic (exact) mass is 374 g/mol. The summed E-state index contributed by atoms with van der Waals surface area (Å²) in [5.41, 5.74) is -3.55. The molecule has 0 radical (unpaired) electrons. The van der Waals surface area contributed by atoms with Gasteiger partial charge in [-0.1, -0.05) is 18.2 Å². The first kappa shape index (κ1) is 18.1. The molecule has 26 heavy (non-hydrogen) atoms. The van der Waals surface area contributed by atoms with Crippen LogP contribution in [0.5, 0.6) is 0 Å². The van der Waals surface area contributed by atoms with E-state index in [1.807, 2.05) is 0 Å². The molecule has 4 nitrogen and oxygen atoms in total. The number of carbonyl (C=O) groups is 1. The lowest BCUT2D eigenvalue weighted by molar-refractivity contribution is -0.143. The van der Waals surface area contributed by atoms with Gasteiger partial charge in [0.05, 0.1) is 11.1 Å². The van der Waals surface area contributed by atoms with E-state index in [4.69, 9.17) is 0 Å². The molecule has 11 heteroatoms. The molecule has 2 amide bonds. The zero-order valence-corrected chi connectivity index (χ0v) is 12.7. The van der Waals surface area contributed by atoms with E-state index >= 15 is 0 Å². The number of hydrogen-bond acceptors (Lipinski definition) is 2. The fourth-order valence-electron chi connectivity index (χ4n) is 2.60. The highest BCUT2D eigenvalue weighted by molar-refractivity contribution is 6.76. The Labute approximate surface area is 143 Å². The van der Waals surface area contributed by atoms with Crippen LogP contribution >= 0.6 is 0 Å². The number of alkyl halides is 6. The molecular formula is C15H9BF6N2O2. The number of anilines is 2. The summed E-state index contributed by atoms with van der Waals surface area (Å²) in [4.78, 5) is 12.6. The molecule has 0 spiro atoms. The second kappa shape index (κ2) is 5.94. The van der Waals surface area contributed by atoms with Crippen LogP contribution in [0.15, 0.2) is 42.5 Å². The first-order valence-corrected chi connectivity index (χ1v) is 7.15. The number of amides is 2. The Morgan fingerprint density at radius 1 is 0.923 bits per heavy atom. The molecule has 0 fully saturated rings. The number of urea groups is 1. The molecule has 1 aliphatic heterocycles. The first-order valence-electron chi connectivity index (χ1n) is 7.15. The van der Waals surface area contributed by atoms with E-state index in [0.29, 0.717) is 16.9 Å². The van der Waals surface area contributed by atoms with Crippen LogP contribution < -0.4 is 15.6 Å². The van der Waals surface area contributed by atoms with Gasteiger partial charge in [-0.3, -0.25) is 0 Å². The minimum absolute atomic E-state index is 0.0499. The normalized spacial score (nSPS) is 15.0. The molecule has 136 valence electrons. The van der Waals surface area contributed by atoms with Crippen molar-refractivity contribution in [3.05, 3.63) is 53.6 Å². The lowest BCUT2D eigenvalue weighted by Crippen LogP contribution is -2.58. The molecule has 2 aromatic carbocycles. The average Bonchev–Trinajstić information content (AvgIpc) is 2.53. The molecule has 0 saturated carbocycles. The zero-order valence-electron chi connectivity index (χ0n) is 12.7. The third-order valence-electron chi connectivity index (χ3n) is 3.79. The fraction of sp³-hybridized carbons (Fsp3) is 0.133. The topological polar surface area (TPSA) is 52.6 Å². The molecule has 0 saturated heterocycles. The van der Waals surface area contributed by atoms with E-state index in [-0.39, 0.29) is 17.2 Å². The number of benzene rings is 2. The second-order valence-electron chi connectivity index (χ2n) is 5.53. The molecule has 0 atom stereocenters. The van der Waals surface area contributed by atoms with Crippen LogP contribution in [0.3, 0.4) is 0 Å². The standard InChI is InChI=1S/C15H9BF6N2O2/c17-14(18,19)8-5-9(15(20,21)22)7-10(6-8)24-13(25)23-12-4-2-1-3-11(12)16(24)26/h1-7,26H,(H,23,25). The van der Waals surface area contributed by atoms with Crippen molar-refractivity contribution in [3.8, 4) is 0 Å². The highest BCUT2D eigenvalue weighted by Gasteiger charge is 2.41. The Kier molecular flexibility index (Phi) is 4.14. The number of para-hydroxylation sites is 1. The number of nitrogens with zero attached hydrogens (tertiary/aromatic N) is 1. The van der Waals surface area contributed by atoms with Crippen LogP contribution in [-0.2, 0) is 12.4 Å². The molecule has 3 rings (SSSR count). The maximum absolute atomic E-state index is 13.0. The molecule has 2 N–H and O–H groups in total. The average molecular weight is 374 g/mol. The third-order valence-corrected chi connectivity index (χ3v) is 3.79. The van der Waals surface area contributed by atoms with Crippen molar-refractivity contribution in [3.63, 3.8) is 0 Å². The van der Waals surface area contributed by atoms with Crippen molar-refractivity contribution in [2.24, 2.45) is 0 Å². The van der Waals surface area contributed by atoms with Gasteiger partial charge in [0.1, 0.15) is 0 Å². The summed E-state index contributed by atoms with van der Waals surface area (Å²) in [6.45, 7) is 0. The highest BCUT2D eigenvalue weighted by atomic mass is 19.4. The van der Waals surface area contributed by atoms with E-state index in [9.17, 15) is 36.2 Å². The maximum Gasteiger partial charge on any atom is 0.459 e. The number of fused-ring (bicyclic) bond motifs is 1. The summed E-state index contributed by atoms with van der Waals surface area (Å²) in [7, 11) is -1.75. The van der Waals surface area contributed by atoms with Gasteiger partial charge in [0.15, 0.2) is 0 Å². The van der Waals surface area contributed by atoms with Crippen molar-refractivity contribution in [1.29, 1.82) is 0 Å². The second-order valence-corrected chi connectivity index (χ2v) is 5.53. The summed E-state index contributed by atoms with van der Waals surface area (Å²) in [6.07, 6.45) is -10.1.